The van der Waals surface area contributed by atoms with Crippen LogP contribution in [0.4, 0.5) is 0 Å². The summed E-state index contributed by atoms with van der Waals surface area (Å²) < 4.78 is 0. The third-order valence-electron chi connectivity index (χ3n) is 4.16. The Hall–Kier alpha value is -1.70. The summed E-state index contributed by atoms with van der Waals surface area (Å²) in [6, 6.07) is 0. The summed E-state index contributed by atoms with van der Waals surface area (Å²) in [5.74, 6) is 0. The summed E-state index contributed by atoms with van der Waals surface area (Å²) in [6.45, 7) is 6.75. The van der Waals surface area contributed by atoms with Crippen molar-refractivity contribution in [3.8, 4) is 0 Å². The van der Waals surface area contributed by atoms with Gasteiger partial charge in [0.2, 0.25) is 0 Å². The highest BCUT2D eigenvalue weighted by Crippen LogP contribution is 2.20. The van der Waals surface area contributed by atoms with Crippen molar-refractivity contribution in [2.45, 2.75) is 52.4 Å². The van der Waals surface area contributed by atoms with Gasteiger partial charge in [-0.25, -0.2) is 0 Å². The SMILES string of the molecule is CCCCCN1C=CC(=C2C=CN(CCCCC)C=C2)C=C1. The average molecular weight is 298 g/mol. The van der Waals surface area contributed by atoms with Crippen LogP contribution in [0, 0.1) is 0 Å². The minimum atomic E-state index is 1.13. The molecule has 0 unspecified atom stereocenters. The van der Waals surface area contributed by atoms with E-state index >= 15 is 0 Å². The number of hydrogen-bond acceptors (Lipinski definition) is 2. The molecule has 0 aromatic rings. The molecule has 0 aromatic carbocycles. The Balaban J connectivity index is 1.84. The third-order valence-corrected chi connectivity index (χ3v) is 4.16. The minimum Gasteiger partial charge on any atom is -0.354 e. The average Bonchev–Trinajstić information content (AvgIpc) is 2.57. The molecular weight excluding hydrogens is 268 g/mol. The summed E-state index contributed by atoms with van der Waals surface area (Å²) >= 11 is 0. The second-order valence-corrected chi connectivity index (χ2v) is 6.06. The maximum Gasteiger partial charge on any atom is 0.0219 e. The van der Waals surface area contributed by atoms with Crippen LogP contribution < -0.4 is 0 Å². The van der Waals surface area contributed by atoms with E-state index in [-0.39, 0.29) is 0 Å². The summed E-state index contributed by atoms with van der Waals surface area (Å²) in [4.78, 5) is 4.57. The zero-order valence-electron chi connectivity index (χ0n) is 14.2. The third kappa shape index (κ3) is 5.25. The standard InChI is InChI=1S/C20H30N2/c1-3-5-7-13-21-15-9-19(10-16-21)20-11-17-22(18-12-20)14-8-6-4-2/h9-12,15-18H,3-8,13-14H2,1-2H3. The molecule has 0 aromatic heterocycles. The van der Waals surface area contributed by atoms with Crippen molar-refractivity contribution >= 4 is 0 Å². The zero-order chi connectivity index (χ0) is 15.6. The number of hydrogen-bond donors (Lipinski definition) is 0. The summed E-state index contributed by atoms with van der Waals surface area (Å²) in [7, 11) is 0. The van der Waals surface area contributed by atoms with Gasteiger partial charge in [-0.05, 0) is 48.3 Å². The Morgan fingerprint density at radius 1 is 0.591 bits per heavy atom. The van der Waals surface area contributed by atoms with E-state index in [2.05, 4.69) is 72.8 Å². The fraction of sp³-hybridized carbons (Fsp3) is 0.500. The Labute approximate surface area is 136 Å². The molecule has 2 rings (SSSR count). The van der Waals surface area contributed by atoms with E-state index < -0.39 is 0 Å². The van der Waals surface area contributed by atoms with Crippen LogP contribution in [0.5, 0.6) is 0 Å². The molecule has 0 amide bonds. The Kier molecular flexibility index (Phi) is 7.08. The first kappa shape index (κ1) is 16.7. The number of rotatable bonds is 8. The smallest absolute Gasteiger partial charge is 0.0219 e. The van der Waals surface area contributed by atoms with E-state index in [4.69, 9.17) is 0 Å². The van der Waals surface area contributed by atoms with Crippen LogP contribution in [0.1, 0.15) is 52.4 Å². The van der Waals surface area contributed by atoms with Crippen LogP contribution in [0.15, 0.2) is 60.3 Å². The van der Waals surface area contributed by atoms with Gasteiger partial charge in [0.1, 0.15) is 0 Å². The molecule has 0 bridgehead atoms. The first-order valence-corrected chi connectivity index (χ1v) is 8.82. The lowest BCUT2D eigenvalue weighted by Crippen LogP contribution is -2.15. The molecule has 0 saturated heterocycles. The Bertz CT molecular complexity index is 404. The second-order valence-electron chi connectivity index (χ2n) is 6.06. The molecule has 22 heavy (non-hydrogen) atoms. The van der Waals surface area contributed by atoms with E-state index in [0.717, 1.165) is 13.1 Å². The van der Waals surface area contributed by atoms with Gasteiger partial charge in [-0.2, -0.15) is 0 Å². The van der Waals surface area contributed by atoms with Gasteiger partial charge >= 0.3 is 0 Å². The number of allylic oxidation sites excluding steroid dienone is 6. The lowest BCUT2D eigenvalue weighted by molar-refractivity contribution is 0.471. The fourth-order valence-corrected chi connectivity index (χ4v) is 2.69. The van der Waals surface area contributed by atoms with Crippen LogP contribution in [0.3, 0.4) is 0 Å². The van der Waals surface area contributed by atoms with Crippen molar-refractivity contribution in [2.75, 3.05) is 13.1 Å². The van der Waals surface area contributed by atoms with Crippen molar-refractivity contribution in [3.05, 3.63) is 60.3 Å². The highest BCUT2D eigenvalue weighted by Gasteiger charge is 2.06. The predicted molar refractivity (Wildman–Crippen MR) is 96.0 cm³/mol. The van der Waals surface area contributed by atoms with Gasteiger partial charge in [0.15, 0.2) is 0 Å². The first-order valence-electron chi connectivity index (χ1n) is 8.82. The molecule has 2 nitrogen and oxygen atoms in total. The number of unbranched alkanes of at least 4 members (excludes halogenated alkanes) is 4. The normalized spacial score (nSPS) is 17.0. The van der Waals surface area contributed by atoms with Gasteiger partial charge in [-0.3, -0.25) is 0 Å². The summed E-state index contributed by atoms with van der Waals surface area (Å²) in [6.07, 6.45) is 25.4. The van der Waals surface area contributed by atoms with Gasteiger partial charge in [0.25, 0.3) is 0 Å². The van der Waals surface area contributed by atoms with Crippen LogP contribution in [0.25, 0.3) is 0 Å². The monoisotopic (exact) mass is 298 g/mol. The molecule has 0 fully saturated rings. The maximum absolute atomic E-state index is 2.28. The van der Waals surface area contributed by atoms with Gasteiger partial charge in [0, 0.05) is 37.9 Å². The van der Waals surface area contributed by atoms with E-state index in [1.165, 1.54) is 49.7 Å². The fourth-order valence-electron chi connectivity index (χ4n) is 2.69. The number of nitrogens with zero attached hydrogens (tertiary/aromatic N) is 2. The molecule has 2 aliphatic rings. The molecule has 120 valence electrons. The Morgan fingerprint density at radius 2 is 0.955 bits per heavy atom. The van der Waals surface area contributed by atoms with Crippen molar-refractivity contribution in [2.24, 2.45) is 0 Å². The summed E-state index contributed by atoms with van der Waals surface area (Å²) in [5, 5.41) is 0. The van der Waals surface area contributed by atoms with E-state index in [1.54, 1.807) is 0 Å². The molecule has 0 atom stereocenters. The highest BCUT2D eigenvalue weighted by atomic mass is 15.1. The van der Waals surface area contributed by atoms with Gasteiger partial charge in [-0.1, -0.05) is 39.5 Å². The van der Waals surface area contributed by atoms with E-state index in [0.29, 0.717) is 0 Å². The molecule has 2 heterocycles. The maximum atomic E-state index is 2.28. The molecule has 0 saturated carbocycles. The lowest BCUT2D eigenvalue weighted by atomic mass is 10.0. The van der Waals surface area contributed by atoms with Crippen LogP contribution in [-0.4, -0.2) is 22.9 Å². The van der Waals surface area contributed by atoms with Crippen LogP contribution in [0.2, 0.25) is 0 Å². The van der Waals surface area contributed by atoms with Crippen molar-refractivity contribution in [1.82, 2.24) is 9.80 Å². The molecule has 0 radical (unpaired) electrons. The van der Waals surface area contributed by atoms with Crippen LogP contribution in [-0.2, 0) is 0 Å². The second kappa shape index (κ2) is 9.34. The van der Waals surface area contributed by atoms with Gasteiger partial charge in [0.05, 0.1) is 0 Å². The topological polar surface area (TPSA) is 6.48 Å². The van der Waals surface area contributed by atoms with Crippen molar-refractivity contribution in [3.63, 3.8) is 0 Å². The molecule has 0 aliphatic carbocycles. The molecule has 2 heteroatoms. The molecule has 0 N–H and O–H groups in total. The van der Waals surface area contributed by atoms with Crippen LogP contribution >= 0.6 is 0 Å². The summed E-state index contributed by atoms with van der Waals surface area (Å²) in [5.41, 5.74) is 2.60. The lowest BCUT2D eigenvalue weighted by Gasteiger charge is -2.21. The van der Waals surface area contributed by atoms with E-state index in [1.807, 2.05) is 0 Å². The highest BCUT2D eigenvalue weighted by molar-refractivity contribution is 5.48. The molecule has 0 spiro atoms. The van der Waals surface area contributed by atoms with Gasteiger partial charge in [-0.15, -0.1) is 0 Å². The minimum absolute atomic E-state index is 1.13. The molecule has 2 aliphatic heterocycles. The molecular formula is C20H30N2. The zero-order valence-corrected chi connectivity index (χ0v) is 14.2. The largest absolute Gasteiger partial charge is 0.354 e. The van der Waals surface area contributed by atoms with Crippen molar-refractivity contribution in [1.29, 1.82) is 0 Å². The van der Waals surface area contributed by atoms with E-state index in [9.17, 15) is 0 Å². The quantitative estimate of drug-likeness (QED) is 0.557. The predicted octanol–water partition coefficient (Wildman–Crippen LogP) is 5.35. The van der Waals surface area contributed by atoms with Gasteiger partial charge < -0.3 is 9.80 Å². The first-order chi connectivity index (χ1) is 10.8. The Morgan fingerprint density at radius 3 is 1.27 bits per heavy atom. The van der Waals surface area contributed by atoms with Crippen molar-refractivity contribution < 1.29 is 0 Å².